The standard InChI is InChI=1S/C22H24F2N4O/c1-13-5-14(2)27(26-13)12-17-11-22(9-16(17)10-22)21(29)28-20(3-4-25-28)15-6-18(23)8-19(24)7-15/h4-8,16-17,20H,3,9-12H2,1-2H3. The first-order chi connectivity index (χ1) is 13.8. The Kier molecular flexibility index (Phi) is 4.12. The van der Waals surface area contributed by atoms with E-state index < -0.39 is 23.1 Å². The monoisotopic (exact) mass is 398 g/mol. The Balaban J connectivity index is 1.33. The van der Waals surface area contributed by atoms with Gasteiger partial charge in [0.05, 0.1) is 17.2 Å². The lowest BCUT2D eigenvalue weighted by atomic mass is 9.68. The second kappa shape index (κ2) is 6.47. The molecule has 3 aliphatic carbocycles. The molecule has 152 valence electrons. The Labute approximate surface area is 168 Å². The SMILES string of the molecule is Cc1cc(C)n(CC2CC3(C(=O)N4N=CCC4c4cc(F)cc(F)c4)CC2C3)n1. The Morgan fingerprint density at radius 3 is 2.52 bits per heavy atom. The zero-order chi connectivity index (χ0) is 20.3. The molecule has 7 heteroatoms. The van der Waals surface area contributed by atoms with Crippen LogP contribution in [0.1, 0.15) is 48.7 Å². The van der Waals surface area contributed by atoms with Gasteiger partial charge in [-0.1, -0.05) is 0 Å². The molecule has 2 unspecified atom stereocenters. The van der Waals surface area contributed by atoms with Gasteiger partial charge in [-0.2, -0.15) is 10.2 Å². The maximum absolute atomic E-state index is 13.7. The molecule has 6 rings (SSSR count). The fraction of sp³-hybridized carbons (Fsp3) is 0.500. The van der Waals surface area contributed by atoms with Crippen molar-refractivity contribution in [3.8, 4) is 0 Å². The van der Waals surface area contributed by atoms with Gasteiger partial charge in [-0.25, -0.2) is 13.8 Å². The highest BCUT2D eigenvalue weighted by molar-refractivity contribution is 5.86. The number of carbonyl (C=O) groups is 1. The molecule has 2 heterocycles. The quantitative estimate of drug-likeness (QED) is 0.777. The van der Waals surface area contributed by atoms with Crippen molar-refractivity contribution in [2.45, 2.75) is 52.1 Å². The highest BCUT2D eigenvalue weighted by Crippen LogP contribution is 2.63. The number of amides is 1. The largest absolute Gasteiger partial charge is 0.272 e. The maximum Gasteiger partial charge on any atom is 0.249 e. The van der Waals surface area contributed by atoms with E-state index in [-0.39, 0.29) is 5.91 Å². The van der Waals surface area contributed by atoms with Gasteiger partial charge in [-0.05, 0) is 68.7 Å². The van der Waals surface area contributed by atoms with Crippen molar-refractivity contribution in [3.63, 3.8) is 0 Å². The van der Waals surface area contributed by atoms with Crippen LogP contribution in [0.5, 0.6) is 0 Å². The van der Waals surface area contributed by atoms with Crippen LogP contribution in [0.3, 0.4) is 0 Å². The van der Waals surface area contributed by atoms with Gasteiger partial charge in [0.2, 0.25) is 5.91 Å². The molecule has 2 bridgehead atoms. The lowest BCUT2D eigenvalue weighted by Crippen LogP contribution is -2.45. The number of nitrogens with zero attached hydrogens (tertiary/aromatic N) is 4. The Hall–Kier alpha value is -2.57. The number of benzene rings is 1. The molecule has 4 aliphatic rings. The van der Waals surface area contributed by atoms with E-state index in [1.807, 2.05) is 11.6 Å². The topological polar surface area (TPSA) is 50.5 Å². The molecule has 3 saturated carbocycles. The van der Waals surface area contributed by atoms with Crippen LogP contribution in [0, 0.1) is 42.7 Å². The summed E-state index contributed by atoms with van der Waals surface area (Å²) >= 11 is 0. The van der Waals surface area contributed by atoms with Crippen LogP contribution in [-0.4, -0.2) is 26.9 Å². The Morgan fingerprint density at radius 2 is 1.86 bits per heavy atom. The van der Waals surface area contributed by atoms with Gasteiger partial charge in [-0.3, -0.25) is 9.48 Å². The number of hydrogen-bond acceptors (Lipinski definition) is 3. The smallest absolute Gasteiger partial charge is 0.249 e. The number of hydrogen-bond donors (Lipinski definition) is 0. The predicted molar refractivity (Wildman–Crippen MR) is 104 cm³/mol. The summed E-state index contributed by atoms with van der Waals surface area (Å²) in [6, 6.07) is 5.08. The van der Waals surface area contributed by atoms with Crippen molar-refractivity contribution in [1.82, 2.24) is 14.8 Å². The molecule has 0 spiro atoms. The predicted octanol–water partition coefficient (Wildman–Crippen LogP) is 4.15. The van der Waals surface area contributed by atoms with E-state index in [1.165, 1.54) is 17.1 Å². The zero-order valence-electron chi connectivity index (χ0n) is 16.6. The molecule has 2 atom stereocenters. The minimum atomic E-state index is -0.632. The third-order valence-corrected chi connectivity index (χ3v) is 6.90. The van der Waals surface area contributed by atoms with Crippen LogP contribution < -0.4 is 0 Å². The average Bonchev–Trinajstić information content (AvgIpc) is 3.36. The minimum absolute atomic E-state index is 0.00645. The molecular weight excluding hydrogens is 374 g/mol. The molecule has 2 aromatic rings. The molecule has 1 aliphatic heterocycles. The van der Waals surface area contributed by atoms with Crippen LogP contribution in [0.2, 0.25) is 0 Å². The normalized spacial score (nSPS) is 30.1. The molecule has 0 saturated heterocycles. The molecule has 5 nitrogen and oxygen atoms in total. The molecule has 0 radical (unpaired) electrons. The minimum Gasteiger partial charge on any atom is -0.272 e. The lowest BCUT2D eigenvalue weighted by Gasteiger charge is -2.40. The summed E-state index contributed by atoms with van der Waals surface area (Å²) in [5.74, 6) is -0.319. The first-order valence-corrected chi connectivity index (χ1v) is 10.2. The van der Waals surface area contributed by atoms with Crippen molar-refractivity contribution in [2.24, 2.45) is 22.4 Å². The van der Waals surface area contributed by atoms with Crippen LogP contribution in [0.25, 0.3) is 0 Å². The van der Waals surface area contributed by atoms with Gasteiger partial charge in [0.15, 0.2) is 0 Å². The number of carbonyl (C=O) groups excluding carboxylic acids is 1. The Bertz CT molecular complexity index is 988. The van der Waals surface area contributed by atoms with Gasteiger partial charge >= 0.3 is 0 Å². The average molecular weight is 398 g/mol. The molecule has 1 aromatic carbocycles. The fourth-order valence-electron chi connectivity index (χ4n) is 5.57. The summed E-state index contributed by atoms with van der Waals surface area (Å²) in [7, 11) is 0. The van der Waals surface area contributed by atoms with Crippen LogP contribution >= 0.6 is 0 Å². The highest BCUT2D eigenvalue weighted by Gasteiger charge is 2.61. The Morgan fingerprint density at radius 1 is 1.14 bits per heavy atom. The molecule has 0 N–H and O–H groups in total. The maximum atomic E-state index is 13.7. The number of rotatable bonds is 4. The van der Waals surface area contributed by atoms with Gasteiger partial charge < -0.3 is 0 Å². The van der Waals surface area contributed by atoms with Crippen molar-refractivity contribution in [1.29, 1.82) is 0 Å². The van der Waals surface area contributed by atoms with E-state index in [0.717, 1.165) is 43.3 Å². The van der Waals surface area contributed by atoms with Gasteiger partial charge in [-0.15, -0.1) is 0 Å². The summed E-state index contributed by atoms with van der Waals surface area (Å²) in [6.07, 6.45) is 4.70. The van der Waals surface area contributed by atoms with Crippen LogP contribution in [-0.2, 0) is 11.3 Å². The van der Waals surface area contributed by atoms with Gasteiger partial charge in [0.1, 0.15) is 11.6 Å². The third-order valence-electron chi connectivity index (χ3n) is 6.90. The van der Waals surface area contributed by atoms with E-state index in [1.54, 1.807) is 6.21 Å². The van der Waals surface area contributed by atoms with Crippen LogP contribution in [0.4, 0.5) is 8.78 Å². The molecular formula is C22H24F2N4O. The summed E-state index contributed by atoms with van der Waals surface area (Å²) in [5.41, 5.74) is 2.22. The van der Waals surface area contributed by atoms with Crippen LogP contribution in [0.15, 0.2) is 29.4 Å². The number of halogens is 2. The number of fused-ring (bicyclic) bond motifs is 1. The van der Waals surface area contributed by atoms with E-state index in [2.05, 4.69) is 23.2 Å². The molecule has 1 amide bonds. The number of aromatic nitrogens is 2. The molecule has 3 fully saturated rings. The third kappa shape index (κ3) is 2.98. The lowest BCUT2D eigenvalue weighted by molar-refractivity contribution is -0.148. The number of hydrazone groups is 1. The molecule has 1 aromatic heterocycles. The van der Waals surface area contributed by atoms with Crippen molar-refractivity contribution >= 4 is 12.1 Å². The summed E-state index contributed by atoms with van der Waals surface area (Å²) < 4.78 is 29.4. The van der Waals surface area contributed by atoms with Crippen molar-refractivity contribution in [3.05, 3.63) is 52.9 Å². The molecule has 29 heavy (non-hydrogen) atoms. The second-order valence-corrected chi connectivity index (χ2v) is 8.92. The van der Waals surface area contributed by atoms with Crippen molar-refractivity contribution < 1.29 is 13.6 Å². The zero-order valence-corrected chi connectivity index (χ0v) is 16.6. The van der Waals surface area contributed by atoms with Gasteiger partial charge in [0.25, 0.3) is 0 Å². The van der Waals surface area contributed by atoms with E-state index >= 15 is 0 Å². The summed E-state index contributed by atoms with van der Waals surface area (Å²) in [6.45, 7) is 4.88. The summed E-state index contributed by atoms with van der Waals surface area (Å²) in [5, 5.41) is 10.3. The van der Waals surface area contributed by atoms with Crippen molar-refractivity contribution in [2.75, 3.05) is 0 Å². The first kappa shape index (κ1) is 18.5. The number of aryl methyl sites for hydroxylation is 2. The van der Waals surface area contributed by atoms with E-state index in [9.17, 15) is 13.6 Å². The summed E-state index contributed by atoms with van der Waals surface area (Å²) in [4.78, 5) is 13.4. The highest BCUT2D eigenvalue weighted by atomic mass is 19.1. The fourth-order valence-corrected chi connectivity index (χ4v) is 5.57. The first-order valence-electron chi connectivity index (χ1n) is 10.2. The van der Waals surface area contributed by atoms with E-state index in [0.29, 0.717) is 23.8 Å². The van der Waals surface area contributed by atoms with Gasteiger partial charge in [0, 0.05) is 30.9 Å². The van der Waals surface area contributed by atoms with E-state index in [4.69, 9.17) is 0 Å². The second-order valence-electron chi connectivity index (χ2n) is 8.92.